The van der Waals surface area contributed by atoms with E-state index in [9.17, 15) is 5.11 Å². The lowest BCUT2D eigenvalue weighted by molar-refractivity contribution is 0.00287. The van der Waals surface area contributed by atoms with Crippen LogP contribution in [0.15, 0.2) is 29.0 Å². The minimum Gasteiger partial charge on any atom is -0.467 e. The number of furan rings is 1. The van der Waals surface area contributed by atoms with Crippen LogP contribution in [0.4, 0.5) is 0 Å². The molecule has 124 valence electrons. The number of β-amino-alcohol motifs (C(OH)–C–C–N with tert-alkyl or cyclic N) is 1. The molecule has 0 amide bonds. The van der Waals surface area contributed by atoms with Crippen LogP contribution in [0.5, 0.6) is 0 Å². The van der Waals surface area contributed by atoms with Gasteiger partial charge < -0.3 is 14.3 Å². The maximum absolute atomic E-state index is 10.1. The van der Waals surface area contributed by atoms with Crippen LogP contribution in [0.25, 0.3) is 0 Å². The Morgan fingerprint density at radius 3 is 3.17 bits per heavy atom. The first-order chi connectivity index (χ1) is 11.2. The highest BCUT2D eigenvalue weighted by molar-refractivity contribution is 5.20. The average Bonchev–Trinajstić information content (AvgIpc) is 3.07. The Bertz CT molecular complexity index is 616. The minimum absolute atomic E-state index is 0.300. The number of aliphatic hydroxyl groups excluding tert-OH is 1. The second-order valence-electron chi connectivity index (χ2n) is 5.85. The molecule has 0 spiro atoms. The number of nitrogens with zero attached hydrogens (tertiary/aromatic N) is 3. The molecule has 6 heteroatoms. The molecule has 1 unspecified atom stereocenters. The number of rotatable bonds is 7. The van der Waals surface area contributed by atoms with E-state index in [4.69, 9.17) is 9.15 Å². The molecule has 23 heavy (non-hydrogen) atoms. The van der Waals surface area contributed by atoms with E-state index in [1.165, 1.54) is 5.56 Å². The van der Waals surface area contributed by atoms with Gasteiger partial charge >= 0.3 is 0 Å². The van der Waals surface area contributed by atoms with Crippen LogP contribution < -0.4 is 0 Å². The standard InChI is InChI=1S/C17H23N3O3/c1-2-17-18-8-13-5-6-20(10-16(13)19-17)9-14(21)11-22-12-15-4-3-7-23-15/h3-4,7-8,14,21H,2,5-6,9-12H2,1H3. The van der Waals surface area contributed by atoms with Gasteiger partial charge in [0.15, 0.2) is 0 Å². The Kier molecular flexibility index (Phi) is 5.38. The van der Waals surface area contributed by atoms with E-state index in [-0.39, 0.29) is 0 Å². The number of aliphatic hydroxyl groups is 1. The molecule has 1 aliphatic heterocycles. The summed E-state index contributed by atoms with van der Waals surface area (Å²) in [6, 6.07) is 3.69. The molecule has 6 nitrogen and oxygen atoms in total. The third-order valence-corrected chi connectivity index (χ3v) is 3.99. The number of aromatic nitrogens is 2. The fraction of sp³-hybridized carbons (Fsp3) is 0.529. The molecular formula is C17H23N3O3. The van der Waals surface area contributed by atoms with Gasteiger partial charge in [-0.05, 0) is 24.1 Å². The van der Waals surface area contributed by atoms with Crippen LogP contribution in [-0.2, 0) is 30.7 Å². The summed E-state index contributed by atoms with van der Waals surface area (Å²) in [7, 11) is 0. The van der Waals surface area contributed by atoms with Gasteiger partial charge in [-0.1, -0.05) is 6.92 Å². The van der Waals surface area contributed by atoms with Crippen molar-refractivity contribution in [2.75, 3.05) is 19.7 Å². The summed E-state index contributed by atoms with van der Waals surface area (Å²) in [4.78, 5) is 11.2. The maximum Gasteiger partial charge on any atom is 0.129 e. The molecule has 2 aromatic heterocycles. The lowest BCUT2D eigenvalue weighted by Gasteiger charge is -2.29. The normalized spacial score (nSPS) is 16.3. The van der Waals surface area contributed by atoms with Gasteiger partial charge in [-0.2, -0.15) is 0 Å². The Morgan fingerprint density at radius 1 is 1.48 bits per heavy atom. The van der Waals surface area contributed by atoms with E-state index in [1.807, 2.05) is 18.3 Å². The Balaban J connectivity index is 1.46. The van der Waals surface area contributed by atoms with Crippen LogP contribution in [0.2, 0.25) is 0 Å². The zero-order valence-corrected chi connectivity index (χ0v) is 13.4. The molecule has 2 aromatic rings. The summed E-state index contributed by atoms with van der Waals surface area (Å²) in [5, 5.41) is 10.1. The zero-order valence-electron chi connectivity index (χ0n) is 13.4. The molecule has 1 N–H and O–H groups in total. The van der Waals surface area contributed by atoms with E-state index in [0.717, 1.165) is 43.2 Å². The summed E-state index contributed by atoms with van der Waals surface area (Å²) < 4.78 is 10.7. The molecule has 3 rings (SSSR count). The maximum atomic E-state index is 10.1. The number of ether oxygens (including phenoxy) is 1. The quantitative estimate of drug-likeness (QED) is 0.836. The summed E-state index contributed by atoms with van der Waals surface area (Å²) in [6.07, 6.45) is 4.82. The van der Waals surface area contributed by atoms with Crippen molar-refractivity contribution in [2.24, 2.45) is 0 Å². The molecule has 0 saturated heterocycles. The van der Waals surface area contributed by atoms with Gasteiger partial charge in [0.25, 0.3) is 0 Å². The van der Waals surface area contributed by atoms with Crippen molar-refractivity contribution >= 4 is 0 Å². The second kappa shape index (κ2) is 7.68. The minimum atomic E-state index is -0.515. The van der Waals surface area contributed by atoms with Crippen LogP contribution >= 0.6 is 0 Å². The van der Waals surface area contributed by atoms with Crippen molar-refractivity contribution in [3.63, 3.8) is 0 Å². The van der Waals surface area contributed by atoms with E-state index < -0.39 is 6.10 Å². The third-order valence-electron chi connectivity index (χ3n) is 3.99. The van der Waals surface area contributed by atoms with Crippen molar-refractivity contribution in [1.29, 1.82) is 0 Å². The van der Waals surface area contributed by atoms with Crippen LogP contribution in [-0.4, -0.2) is 45.8 Å². The predicted octanol–water partition coefficient (Wildman–Crippen LogP) is 1.57. The molecule has 1 aliphatic rings. The summed E-state index contributed by atoms with van der Waals surface area (Å²) in [5.41, 5.74) is 2.31. The van der Waals surface area contributed by atoms with Crippen molar-refractivity contribution in [1.82, 2.24) is 14.9 Å². The molecule has 0 fully saturated rings. The number of aryl methyl sites for hydroxylation is 1. The van der Waals surface area contributed by atoms with E-state index >= 15 is 0 Å². The molecule has 0 aromatic carbocycles. The first-order valence-corrected chi connectivity index (χ1v) is 8.08. The topological polar surface area (TPSA) is 71.6 Å². The van der Waals surface area contributed by atoms with Crippen molar-refractivity contribution in [3.05, 3.63) is 47.4 Å². The number of hydrogen-bond acceptors (Lipinski definition) is 6. The molecule has 3 heterocycles. The highest BCUT2D eigenvalue weighted by Crippen LogP contribution is 2.17. The van der Waals surface area contributed by atoms with E-state index in [2.05, 4.69) is 21.8 Å². The van der Waals surface area contributed by atoms with E-state index in [1.54, 1.807) is 6.26 Å². The van der Waals surface area contributed by atoms with E-state index in [0.29, 0.717) is 19.8 Å². The van der Waals surface area contributed by atoms with Gasteiger partial charge in [-0.3, -0.25) is 4.90 Å². The molecule has 0 radical (unpaired) electrons. The van der Waals surface area contributed by atoms with Crippen LogP contribution in [0, 0.1) is 0 Å². The first-order valence-electron chi connectivity index (χ1n) is 8.08. The van der Waals surface area contributed by atoms with Gasteiger partial charge in [0.2, 0.25) is 0 Å². The third kappa shape index (κ3) is 4.37. The van der Waals surface area contributed by atoms with Gasteiger partial charge in [0.05, 0.1) is 24.7 Å². The molecule has 0 saturated carbocycles. The van der Waals surface area contributed by atoms with Crippen molar-refractivity contribution in [3.8, 4) is 0 Å². The van der Waals surface area contributed by atoms with Gasteiger partial charge in [0.1, 0.15) is 18.2 Å². The predicted molar refractivity (Wildman–Crippen MR) is 84.8 cm³/mol. The zero-order chi connectivity index (χ0) is 16.1. The molecule has 1 atom stereocenters. The van der Waals surface area contributed by atoms with Crippen molar-refractivity contribution in [2.45, 2.75) is 39.0 Å². The first kappa shape index (κ1) is 16.1. The number of fused-ring (bicyclic) bond motifs is 1. The van der Waals surface area contributed by atoms with Gasteiger partial charge in [0, 0.05) is 32.3 Å². The highest BCUT2D eigenvalue weighted by atomic mass is 16.5. The van der Waals surface area contributed by atoms with Gasteiger partial charge in [-0.15, -0.1) is 0 Å². The highest BCUT2D eigenvalue weighted by Gasteiger charge is 2.20. The summed E-state index contributed by atoms with van der Waals surface area (Å²) in [5.74, 6) is 1.65. The summed E-state index contributed by atoms with van der Waals surface area (Å²) in [6.45, 7) is 5.01. The molecule has 0 aliphatic carbocycles. The SMILES string of the molecule is CCc1ncc2c(n1)CN(CC(O)COCc1ccco1)CC2. The molecule has 0 bridgehead atoms. The number of hydrogen-bond donors (Lipinski definition) is 1. The van der Waals surface area contributed by atoms with Crippen molar-refractivity contribution < 1.29 is 14.3 Å². The van der Waals surface area contributed by atoms with Gasteiger partial charge in [-0.25, -0.2) is 9.97 Å². The lowest BCUT2D eigenvalue weighted by atomic mass is 10.1. The van der Waals surface area contributed by atoms with Crippen LogP contribution in [0.1, 0.15) is 29.8 Å². The summed E-state index contributed by atoms with van der Waals surface area (Å²) >= 11 is 0. The fourth-order valence-corrected chi connectivity index (χ4v) is 2.77. The Morgan fingerprint density at radius 2 is 2.39 bits per heavy atom. The lowest BCUT2D eigenvalue weighted by Crippen LogP contribution is -2.38. The largest absolute Gasteiger partial charge is 0.467 e. The fourth-order valence-electron chi connectivity index (χ4n) is 2.77. The molecular weight excluding hydrogens is 294 g/mol. The smallest absolute Gasteiger partial charge is 0.129 e. The average molecular weight is 317 g/mol. The van der Waals surface area contributed by atoms with Crippen LogP contribution in [0.3, 0.4) is 0 Å². The monoisotopic (exact) mass is 317 g/mol. The Hall–Kier alpha value is -1.76. The second-order valence-corrected chi connectivity index (χ2v) is 5.85. The Labute approximate surface area is 136 Å².